The number of fused-ring (bicyclic) bond motifs is 10. The van der Waals surface area contributed by atoms with Gasteiger partial charge in [0.05, 0.1) is 52.5 Å². The molecule has 12 rings (SSSR count). The van der Waals surface area contributed by atoms with Crippen LogP contribution < -0.4 is 28.4 Å². The molecule has 8 nitrogen and oxygen atoms in total. The van der Waals surface area contributed by atoms with E-state index in [0.717, 1.165) is 22.6 Å². The fraction of sp³-hybridized carbons (Fsp3) is 0.243. The number of aryl methyl sites for hydroxylation is 4. The molecule has 0 atom stereocenters. The van der Waals surface area contributed by atoms with Crippen LogP contribution in [-0.4, -0.2) is 68.1 Å². The molecule has 0 unspecified atom stereocenters. The minimum absolute atomic E-state index is 0.515. The number of benzene rings is 10. The third-order valence-corrected chi connectivity index (χ3v) is 16.6. The number of hydrogen-bond donors (Lipinski definition) is 0. The molecule has 8 heteroatoms. The average molecular weight is 1090 g/mol. The Balaban J connectivity index is 0.000000173. The van der Waals surface area contributed by atoms with Crippen LogP contribution in [0.1, 0.15) is 80.6 Å². The molecule has 0 aliphatic heterocycles. The lowest BCUT2D eigenvalue weighted by atomic mass is 9.67. The van der Waals surface area contributed by atoms with Gasteiger partial charge in [-0.2, -0.15) is 0 Å². The van der Waals surface area contributed by atoms with Crippen molar-refractivity contribution in [2.24, 2.45) is 0 Å². The zero-order chi connectivity index (χ0) is 57.1. The van der Waals surface area contributed by atoms with Crippen LogP contribution in [0.2, 0.25) is 0 Å². The Hall–Kier alpha value is -8.56. The van der Waals surface area contributed by atoms with Crippen LogP contribution in [0.15, 0.2) is 182 Å². The molecule has 416 valence electrons. The highest BCUT2D eigenvalue weighted by Gasteiger charge is 2.49. The van der Waals surface area contributed by atoms with Crippen molar-refractivity contribution in [3.8, 4) is 56.8 Å². The predicted octanol–water partition coefficient (Wildman–Crippen LogP) is 16.5. The van der Waals surface area contributed by atoms with Crippen molar-refractivity contribution in [2.45, 2.75) is 52.4 Å². The maximum atomic E-state index is 6.02. The summed E-state index contributed by atoms with van der Waals surface area (Å²) in [5.74, 6) is 4.45. The molecule has 2 aliphatic carbocycles. The van der Waals surface area contributed by atoms with E-state index in [1.54, 1.807) is 28.4 Å². The van der Waals surface area contributed by atoms with E-state index in [1.165, 1.54) is 99.4 Å². The van der Waals surface area contributed by atoms with Gasteiger partial charge in [-0.05, 0) is 190 Å². The number of hydrogen-bond acceptors (Lipinski definition) is 8. The van der Waals surface area contributed by atoms with E-state index in [-0.39, 0.29) is 0 Å². The summed E-state index contributed by atoms with van der Waals surface area (Å²) in [6.07, 6.45) is 0. The lowest BCUT2D eigenvalue weighted by molar-refractivity contribution is 0.110. The molecule has 10 aromatic carbocycles. The molecule has 2 aliphatic rings. The van der Waals surface area contributed by atoms with Crippen LogP contribution in [0.5, 0.6) is 34.5 Å². The number of ether oxygens (including phenoxy) is 8. The van der Waals surface area contributed by atoms with Gasteiger partial charge in [0.25, 0.3) is 0 Å². The molecule has 0 spiro atoms. The Morgan fingerprint density at radius 2 is 0.695 bits per heavy atom. The van der Waals surface area contributed by atoms with Gasteiger partial charge in [0.15, 0.2) is 23.0 Å². The maximum Gasteiger partial charge on any atom is 0.161 e. The van der Waals surface area contributed by atoms with Crippen LogP contribution in [0.4, 0.5) is 0 Å². The standard InChI is InChI=1S/C39H40O4.C35H32O4/c1-5-40-21-23-42-31-16-12-29(13-17-31)39(30-14-18-32(19-15-30)43-24-22-41-6-2)36-25-27(3)11-20-35(36)38-34-10-8-7-9-33(34)28(4)26-37(38)39;1-21-11-14-27-28(17-21)35(23-12-15-30(36-3)32(19-23)38-5,24-13-16-31(37-4)33(20-24)39-6)29-18-22(2)25-9-7-8-10-26(25)34(27)29/h7-20,25-26H,5-6,21-24H2,1-4H3;7-20H,1-6H3. The first-order valence-corrected chi connectivity index (χ1v) is 28.4. The molecule has 0 bridgehead atoms. The second-order valence-corrected chi connectivity index (χ2v) is 21.2. The van der Waals surface area contributed by atoms with Crippen molar-refractivity contribution in [3.05, 3.63) is 249 Å². The Morgan fingerprint density at radius 1 is 0.329 bits per heavy atom. The van der Waals surface area contributed by atoms with E-state index in [2.05, 4.69) is 198 Å². The molecular formula is C74H72O8. The topological polar surface area (TPSA) is 73.8 Å². The Kier molecular flexibility index (Phi) is 15.9. The molecule has 0 N–H and O–H groups in total. The SMILES string of the molecule is CCOCCOc1ccc(C2(c3ccc(OCCOCC)cc3)c3cc(C)ccc3-c3c2cc(C)c2ccccc32)cc1.COc1ccc(C2(c3ccc(OC)c(OC)c3)c3cc(C)ccc3-c3c2cc(C)c2ccccc32)cc1OC. The molecule has 0 heterocycles. The Bertz CT molecular complexity index is 3840. The van der Waals surface area contributed by atoms with E-state index >= 15 is 0 Å². The van der Waals surface area contributed by atoms with E-state index in [4.69, 9.17) is 37.9 Å². The summed E-state index contributed by atoms with van der Waals surface area (Å²) in [4.78, 5) is 0. The maximum absolute atomic E-state index is 6.02. The average Bonchev–Trinajstić information content (AvgIpc) is 2.09. The van der Waals surface area contributed by atoms with Crippen LogP contribution >= 0.6 is 0 Å². The summed E-state index contributed by atoms with van der Waals surface area (Å²) < 4.78 is 45.9. The highest BCUT2D eigenvalue weighted by atomic mass is 16.5. The molecule has 0 saturated heterocycles. The first kappa shape index (κ1) is 55.4. The lowest BCUT2D eigenvalue weighted by Crippen LogP contribution is -2.29. The molecule has 0 radical (unpaired) electrons. The first-order chi connectivity index (χ1) is 40.0. The van der Waals surface area contributed by atoms with E-state index < -0.39 is 10.8 Å². The summed E-state index contributed by atoms with van der Waals surface area (Å²) in [5.41, 5.74) is 18.5. The third-order valence-electron chi connectivity index (χ3n) is 16.6. The molecule has 0 aromatic heterocycles. The smallest absolute Gasteiger partial charge is 0.161 e. The lowest BCUT2D eigenvalue weighted by Gasteiger charge is -2.35. The Morgan fingerprint density at radius 3 is 1.07 bits per heavy atom. The van der Waals surface area contributed by atoms with Crippen molar-refractivity contribution < 1.29 is 37.9 Å². The van der Waals surface area contributed by atoms with Crippen molar-refractivity contribution in [2.75, 3.05) is 68.1 Å². The summed E-state index contributed by atoms with van der Waals surface area (Å²) in [5, 5.41) is 5.09. The fourth-order valence-corrected chi connectivity index (χ4v) is 13.0. The predicted molar refractivity (Wildman–Crippen MR) is 332 cm³/mol. The zero-order valence-corrected chi connectivity index (χ0v) is 48.8. The molecule has 10 aromatic rings. The highest BCUT2D eigenvalue weighted by Crippen LogP contribution is 2.61. The van der Waals surface area contributed by atoms with Crippen molar-refractivity contribution >= 4 is 21.5 Å². The molecule has 0 fully saturated rings. The summed E-state index contributed by atoms with van der Waals surface area (Å²) in [6.45, 7) is 16.3. The largest absolute Gasteiger partial charge is 0.493 e. The van der Waals surface area contributed by atoms with Gasteiger partial charge in [-0.15, -0.1) is 0 Å². The van der Waals surface area contributed by atoms with Crippen LogP contribution in [0.25, 0.3) is 43.8 Å². The van der Waals surface area contributed by atoms with E-state index in [9.17, 15) is 0 Å². The van der Waals surface area contributed by atoms with Gasteiger partial charge in [-0.25, -0.2) is 0 Å². The van der Waals surface area contributed by atoms with Crippen LogP contribution in [0.3, 0.4) is 0 Å². The van der Waals surface area contributed by atoms with Gasteiger partial charge >= 0.3 is 0 Å². The van der Waals surface area contributed by atoms with E-state index in [0.29, 0.717) is 62.6 Å². The van der Waals surface area contributed by atoms with Gasteiger partial charge in [0.1, 0.15) is 24.7 Å². The fourth-order valence-electron chi connectivity index (χ4n) is 13.0. The quantitative estimate of drug-likeness (QED) is 0.0787. The van der Waals surface area contributed by atoms with Crippen molar-refractivity contribution in [1.82, 2.24) is 0 Å². The molecule has 82 heavy (non-hydrogen) atoms. The minimum atomic E-state index is -0.634. The summed E-state index contributed by atoms with van der Waals surface area (Å²) in [7, 11) is 6.70. The third kappa shape index (κ3) is 9.47. The summed E-state index contributed by atoms with van der Waals surface area (Å²) >= 11 is 0. The molecular weight excluding hydrogens is 1020 g/mol. The van der Waals surface area contributed by atoms with Crippen molar-refractivity contribution in [3.63, 3.8) is 0 Å². The highest BCUT2D eigenvalue weighted by molar-refractivity contribution is 6.07. The van der Waals surface area contributed by atoms with E-state index in [1.807, 2.05) is 26.0 Å². The van der Waals surface area contributed by atoms with Crippen LogP contribution in [0, 0.1) is 27.7 Å². The van der Waals surface area contributed by atoms with Gasteiger partial charge in [0.2, 0.25) is 0 Å². The number of methoxy groups -OCH3 is 4. The molecule has 0 amide bonds. The second-order valence-electron chi connectivity index (χ2n) is 21.2. The minimum Gasteiger partial charge on any atom is -0.493 e. The second kappa shape index (κ2) is 23.5. The zero-order valence-electron chi connectivity index (χ0n) is 48.8. The summed E-state index contributed by atoms with van der Waals surface area (Å²) in [6, 6.07) is 65.8. The number of rotatable bonds is 18. The van der Waals surface area contributed by atoms with Gasteiger partial charge in [-0.3, -0.25) is 0 Å². The van der Waals surface area contributed by atoms with Gasteiger partial charge in [-0.1, -0.05) is 145 Å². The monoisotopic (exact) mass is 1090 g/mol. The van der Waals surface area contributed by atoms with Gasteiger partial charge < -0.3 is 37.9 Å². The first-order valence-electron chi connectivity index (χ1n) is 28.4. The Labute approximate surface area is 483 Å². The van der Waals surface area contributed by atoms with Gasteiger partial charge in [0, 0.05) is 13.2 Å². The normalized spacial score (nSPS) is 13.1. The van der Waals surface area contributed by atoms with Crippen molar-refractivity contribution in [1.29, 1.82) is 0 Å². The molecule has 0 saturated carbocycles. The van der Waals surface area contributed by atoms with Crippen LogP contribution in [-0.2, 0) is 20.3 Å².